The minimum absolute atomic E-state index is 0.0901. The molecule has 2 aromatic rings. The first kappa shape index (κ1) is 14.9. The third-order valence-electron chi connectivity index (χ3n) is 3.22. The number of hydrogen-bond acceptors (Lipinski definition) is 1. The molecule has 0 bridgehead atoms. The first-order valence-corrected chi connectivity index (χ1v) is 7.50. The Labute approximate surface area is 127 Å². The standard InChI is InChI=1S/C17H16BrFO/c1-2-3-4-12-5-7-13(8-6-12)17(20)14-9-10-16(19)15(18)11-14/h5-11H,2-4H2,1H3. The van der Waals surface area contributed by atoms with Gasteiger partial charge in [-0.15, -0.1) is 0 Å². The highest BCUT2D eigenvalue weighted by molar-refractivity contribution is 9.10. The Morgan fingerprint density at radius 1 is 1.10 bits per heavy atom. The van der Waals surface area contributed by atoms with Gasteiger partial charge in [-0.3, -0.25) is 4.79 Å². The SMILES string of the molecule is CCCCc1ccc(C(=O)c2ccc(F)c(Br)c2)cc1. The largest absolute Gasteiger partial charge is 0.289 e. The van der Waals surface area contributed by atoms with Crippen molar-refractivity contribution in [3.05, 3.63) is 69.4 Å². The number of carbonyl (C=O) groups is 1. The van der Waals surface area contributed by atoms with Gasteiger partial charge in [-0.1, -0.05) is 37.6 Å². The van der Waals surface area contributed by atoms with Gasteiger partial charge in [0.05, 0.1) is 4.47 Å². The van der Waals surface area contributed by atoms with Crippen LogP contribution in [0.3, 0.4) is 0 Å². The molecule has 0 amide bonds. The summed E-state index contributed by atoms with van der Waals surface area (Å²) in [5.41, 5.74) is 2.35. The van der Waals surface area contributed by atoms with Crippen LogP contribution in [-0.2, 0) is 6.42 Å². The van der Waals surface area contributed by atoms with Crippen molar-refractivity contribution in [1.29, 1.82) is 0 Å². The number of rotatable bonds is 5. The van der Waals surface area contributed by atoms with E-state index in [1.54, 1.807) is 0 Å². The lowest BCUT2D eigenvalue weighted by Crippen LogP contribution is -2.02. The molecule has 20 heavy (non-hydrogen) atoms. The summed E-state index contributed by atoms with van der Waals surface area (Å²) in [5.74, 6) is -0.454. The van der Waals surface area contributed by atoms with E-state index in [1.807, 2.05) is 24.3 Å². The Morgan fingerprint density at radius 2 is 1.75 bits per heavy atom. The van der Waals surface area contributed by atoms with Crippen LogP contribution < -0.4 is 0 Å². The predicted molar refractivity (Wildman–Crippen MR) is 82.6 cm³/mol. The summed E-state index contributed by atoms with van der Waals surface area (Å²) in [6, 6.07) is 12.0. The van der Waals surface area contributed by atoms with Crippen molar-refractivity contribution >= 4 is 21.7 Å². The average molecular weight is 335 g/mol. The molecule has 0 aliphatic heterocycles. The van der Waals surface area contributed by atoms with Crippen LogP contribution >= 0.6 is 15.9 Å². The summed E-state index contributed by atoms with van der Waals surface area (Å²) < 4.78 is 13.5. The van der Waals surface area contributed by atoms with E-state index in [9.17, 15) is 9.18 Å². The second kappa shape index (κ2) is 6.80. The van der Waals surface area contributed by atoms with E-state index in [0.29, 0.717) is 15.6 Å². The van der Waals surface area contributed by atoms with Crippen LogP contribution in [0, 0.1) is 5.82 Å². The third kappa shape index (κ3) is 3.54. The number of benzene rings is 2. The molecule has 0 saturated carbocycles. The number of carbonyl (C=O) groups excluding carboxylic acids is 1. The molecule has 0 atom stereocenters. The van der Waals surface area contributed by atoms with Crippen LogP contribution in [0.15, 0.2) is 46.9 Å². The molecule has 2 rings (SSSR count). The van der Waals surface area contributed by atoms with E-state index >= 15 is 0 Å². The van der Waals surface area contributed by atoms with E-state index in [-0.39, 0.29) is 11.6 Å². The summed E-state index contributed by atoms with van der Waals surface area (Å²) in [5, 5.41) is 0. The Hall–Kier alpha value is -1.48. The second-order valence-electron chi connectivity index (χ2n) is 4.76. The van der Waals surface area contributed by atoms with Gasteiger partial charge in [-0.2, -0.15) is 0 Å². The highest BCUT2D eigenvalue weighted by atomic mass is 79.9. The van der Waals surface area contributed by atoms with Gasteiger partial charge in [0, 0.05) is 11.1 Å². The zero-order chi connectivity index (χ0) is 14.5. The number of unbranched alkanes of at least 4 members (excludes halogenated alkanes) is 1. The van der Waals surface area contributed by atoms with Crippen LogP contribution in [-0.4, -0.2) is 5.78 Å². The topological polar surface area (TPSA) is 17.1 Å². The van der Waals surface area contributed by atoms with E-state index in [1.165, 1.54) is 23.8 Å². The lowest BCUT2D eigenvalue weighted by Gasteiger charge is -2.04. The van der Waals surface area contributed by atoms with Crippen LogP contribution in [0.2, 0.25) is 0 Å². The van der Waals surface area contributed by atoms with Crippen molar-refractivity contribution in [2.45, 2.75) is 26.2 Å². The number of halogens is 2. The molecule has 2 aromatic carbocycles. The van der Waals surface area contributed by atoms with Crippen molar-refractivity contribution in [1.82, 2.24) is 0 Å². The minimum atomic E-state index is -0.364. The quantitative estimate of drug-likeness (QED) is 0.690. The fourth-order valence-electron chi connectivity index (χ4n) is 2.01. The maximum atomic E-state index is 13.2. The summed E-state index contributed by atoms with van der Waals surface area (Å²) >= 11 is 3.10. The minimum Gasteiger partial charge on any atom is -0.289 e. The van der Waals surface area contributed by atoms with E-state index in [4.69, 9.17) is 0 Å². The van der Waals surface area contributed by atoms with Crippen molar-refractivity contribution in [2.75, 3.05) is 0 Å². The molecule has 0 heterocycles. The summed E-state index contributed by atoms with van der Waals surface area (Å²) in [7, 11) is 0. The maximum absolute atomic E-state index is 13.2. The molecule has 0 unspecified atom stereocenters. The molecule has 0 saturated heterocycles. The fraction of sp³-hybridized carbons (Fsp3) is 0.235. The van der Waals surface area contributed by atoms with Gasteiger partial charge in [0.25, 0.3) is 0 Å². The molecule has 0 aromatic heterocycles. The summed E-state index contributed by atoms with van der Waals surface area (Å²) in [6.45, 7) is 2.16. The van der Waals surface area contributed by atoms with Crippen molar-refractivity contribution < 1.29 is 9.18 Å². The van der Waals surface area contributed by atoms with Crippen molar-refractivity contribution in [2.24, 2.45) is 0 Å². The van der Waals surface area contributed by atoms with Crippen LogP contribution in [0.1, 0.15) is 41.3 Å². The number of ketones is 1. The van der Waals surface area contributed by atoms with Gasteiger partial charge >= 0.3 is 0 Å². The highest BCUT2D eigenvalue weighted by Crippen LogP contribution is 2.19. The molecule has 3 heteroatoms. The van der Waals surface area contributed by atoms with Gasteiger partial charge in [-0.25, -0.2) is 4.39 Å². The van der Waals surface area contributed by atoms with E-state index < -0.39 is 0 Å². The van der Waals surface area contributed by atoms with E-state index in [0.717, 1.165) is 19.3 Å². The third-order valence-corrected chi connectivity index (χ3v) is 3.82. The zero-order valence-corrected chi connectivity index (χ0v) is 12.9. The van der Waals surface area contributed by atoms with Crippen LogP contribution in [0.4, 0.5) is 4.39 Å². The molecule has 0 N–H and O–H groups in total. The van der Waals surface area contributed by atoms with Crippen molar-refractivity contribution in [3.63, 3.8) is 0 Å². The van der Waals surface area contributed by atoms with E-state index in [2.05, 4.69) is 22.9 Å². The Bertz CT molecular complexity index is 605. The second-order valence-corrected chi connectivity index (χ2v) is 5.61. The fourth-order valence-corrected chi connectivity index (χ4v) is 2.39. The Morgan fingerprint density at radius 3 is 2.35 bits per heavy atom. The molecule has 104 valence electrons. The van der Waals surface area contributed by atoms with Crippen molar-refractivity contribution in [3.8, 4) is 0 Å². The number of aryl methyl sites for hydroxylation is 1. The van der Waals surface area contributed by atoms with Gasteiger partial charge in [0.15, 0.2) is 5.78 Å². The zero-order valence-electron chi connectivity index (χ0n) is 11.3. The first-order chi connectivity index (χ1) is 9.61. The normalized spacial score (nSPS) is 10.6. The molecule has 0 aliphatic rings. The van der Waals surface area contributed by atoms with Gasteiger partial charge in [0.2, 0.25) is 0 Å². The maximum Gasteiger partial charge on any atom is 0.193 e. The molecule has 0 radical (unpaired) electrons. The molecule has 0 fully saturated rings. The van der Waals surface area contributed by atoms with Gasteiger partial charge < -0.3 is 0 Å². The Balaban J connectivity index is 2.18. The molecule has 0 aliphatic carbocycles. The lowest BCUT2D eigenvalue weighted by molar-refractivity contribution is 0.103. The summed E-state index contributed by atoms with van der Waals surface area (Å²) in [4.78, 5) is 12.3. The molecule has 1 nitrogen and oxygen atoms in total. The van der Waals surface area contributed by atoms with Crippen LogP contribution in [0.25, 0.3) is 0 Å². The molecular weight excluding hydrogens is 319 g/mol. The number of hydrogen-bond donors (Lipinski definition) is 0. The smallest absolute Gasteiger partial charge is 0.193 e. The Kier molecular flexibility index (Phi) is 5.07. The molecule has 0 spiro atoms. The summed E-state index contributed by atoms with van der Waals surface area (Å²) in [6.07, 6.45) is 3.34. The van der Waals surface area contributed by atoms with Gasteiger partial charge in [0.1, 0.15) is 5.82 Å². The predicted octanol–water partition coefficient (Wildman–Crippen LogP) is 5.16. The lowest BCUT2D eigenvalue weighted by atomic mass is 10.0. The van der Waals surface area contributed by atoms with Gasteiger partial charge in [-0.05, 0) is 52.5 Å². The highest BCUT2D eigenvalue weighted by Gasteiger charge is 2.11. The monoisotopic (exact) mass is 334 g/mol. The first-order valence-electron chi connectivity index (χ1n) is 6.70. The van der Waals surface area contributed by atoms with Crippen LogP contribution in [0.5, 0.6) is 0 Å². The average Bonchev–Trinajstić information content (AvgIpc) is 2.48. The molecular formula is C17H16BrFO.